The summed E-state index contributed by atoms with van der Waals surface area (Å²) in [5.74, 6) is 0.0795. The summed E-state index contributed by atoms with van der Waals surface area (Å²) >= 11 is 5.82. The van der Waals surface area contributed by atoms with Gasteiger partial charge >= 0.3 is 0 Å². The van der Waals surface area contributed by atoms with E-state index in [0.717, 1.165) is 37.7 Å². The molecule has 0 radical (unpaired) electrons. The number of halogens is 1. The monoisotopic (exact) mass is 282 g/mol. The van der Waals surface area contributed by atoms with E-state index in [1.54, 1.807) is 0 Å². The largest absolute Gasteiger partial charge is 0.379 e. The van der Waals surface area contributed by atoms with Gasteiger partial charge in [-0.15, -0.1) is 0 Å². The second-order valence-electron chi connectivity index (χ2n) is 4.61. The number of benzene rings is 1. The molecule has 1 aromatic rings. The van der Waals surface area contributed by atoms with Crippen LogP contribution in [0.15, 0.2) is 24.3 Å². The zero-order valence-corrected chi connectivity index (χ0v) is 11.7. The minimum Gasteiger partial charge on any atom is -0.379 e. The Hall–Kier alpha value is -1.10. The minimum absolute atomic E-state index is 0.0795. The lowest BCUT2D eigenvalue weighted by Crippen LogP contribution is -2.43. The smallest absolute Gasteiger partial charge is 0.234 e. The van der Waals surface area contributed by atoms with Crippen molar-refractivity contribution in [3.63, 3.8) is 0 Å². The van der Waals surface area contributed by atoms with Gasteiger partial charge in [0.2, 0.25) is 5.91 Å². The number of rotatable bonds is 5. The lowest BCUT2D eigenvalue weighted by atomic mass is 10.1. The third kappa shape index (κ3) is 5.19. The van der Waals surface area contributed by atoms with E-state index in [-0.39, 0.29) is 5.91 Å². The number of amides is 1. The van der Waals surface area contributed by atoms with Gasteiger partial charge in [0.15, 0.2) is 0 Å². The Morgan fingerprint density at radius 2 is 1.95 bits per heavy atom. The highest BCUT2D eigenvalue weighted by Crippen LogP contribution is 2.09. The maximum Gasteiger partial charge on any atom is 0.234 e. The average molecular weight is 283 g/mol. The first-order chi connectivity index (χ1) is 9.24. The fraction of sp³-hybridized carbons (Fsp3) is 0.500. The van der Waals surface area contributed by atoms with Gasteiger partial charge in [0.25, 0.3) is 0 Å². The van der Waals surface area contributed by atoms with Crippen LogP contribution in [0.5, 0.6) is 0 Å². The van der Waals surface area contributed by atoms with E-state index in [4.69, 9.17) is 16.3 Å². The lowest BCUT2D eigenvalue weighted by Gasteiger charge is -2.25. The molecular formula is C14H19ClN2O2. The summed E-state index contributed by atoms with van der Waals surface area (Å²) < 4.78 is 5.25. The van der Waals surface area contributed by atoms with E-state index in [1.165, 1.54) is 5.56 Å². The summed E-state index contributed by atoms with van der Waals surface area (Å²) in [6.07, 6.45) is 0.825. The van der Waals surface area contributed by atoms with Crippen molar-refractivity contribution in [3.05, 3.63) is 34.9 Å². The van der Waals surface area contributed by atoms with Crippen LogP contribution in [0.4, 0.5) is 0 Å². The number of hydrogen-bond donors (Lipinski definition) is 1. The number of carbonyl (C=O) groups is 1. The zero-order chi connectivity index (χ0) is 13.5. The quantitative estimate of drug-likeness (QED) is 0.886. The van der Waals surface area contributed by atoms with Crippen LogP contribution in [0.3, 0.4) is 0 Å². The fourth-order valence-corrected chi connectivity index (χ4v) is 2.14. The molecular weight excluding hydrogens is 264 g/mol. The van der Waals surface area contributed by atoms with Gasteiger partial charge in [-0.05, 0) is 24.1 Å². The minimum atomic E-state index is 0.0795. The van der Waals surface area contributed by atoms with Crippen LogP contribution in [0.25, 0.3) is 0 Å². The van der Waals surface area contributed by atoms with Gasteiger partial charge in [0, 0.05) is 24.7 Å². The molecule has 1 aromatic carbocycles. The van der Waals surface area contributed by atoms with Gasteiger partial charge in [-0.1, -0.05) is 23.7 Å². The van der Waals surface area contributed by atoms with Crippen molar-refractivity contribution < 1.29 is 9.53 Å². The Morgan fingerprint density at radius 1 is 1.26 bits per heavy atom. The van der Waals surface area contributed by atoms with Crippen molar-refractivity contribution in [2.75, 3.05) is 39.4 Å². The van der Waals surface area contributed by atoms with E-state index < -0.39 is 0 Å². The molecule has 0 aliphatic carbocycles. The molecule has 0 bridgehead atoms. The highest BCUT2D eigenvalue weighted by molar-refractivity contribution is 6.30. The molecule has 4 nitrogen and oxygen atoms in total. The van der Waals surface area contributed by atoms with Crippen LogP contribution >= 0.6 is 11.6 Å². The molecule has 1 saturated heterocycles. The van der Waals surface area contributed by atoms with Crippen LogP contribution in [0, 0.1) is 0 Å². The molecule has 0 saturated carbocycles. The number of nitrogens with one attached hydrogen (secondary N) is 1. The predicted octanol–water partition coefficient (Wildman–Crippen LogP) is 1.33. The Kier molecular flexibility index (Phi) is 5.63. The van der Waals surface area contributed by atoms with E-state index in [9.17, 15) is 4.79 Å². The highest BCUT2D eigenvalue weighted by Gasteiger charge is 2.13. The maximum atomic E-state index is 11.7. The van der Waals surface area contributed by atoms with Crippen LogP contribution in [0.1, 0.15) is 5.56 Å². The first kappa shape index (κ1) is 14.3. The Morgan fingerprint density at radius 3 is 2.63 bits per heavy atom. The molecule has 0 atom stereocenters. The predicted molar refractivity (Wildman–Crippen MR) is 75.4 cm³/mol. The highest BCUT2D eigenvalue weighted by atomic mass is 35.5. The molecule has 0 unspecified atom stereocenters. The Labute approximate surface area is 118 Å². The van der Waals surface area contributed by atoms with Gasteiger partial charge < -0.3 is 10.1 Å². The van der Waals surface area contributed by atoms with Crippen molar-refractivity contribution in [1.82, 2.24) is 10.2 Å². The zero-order valence-electron chi connectivity index (χ0n) is 10.9. The Balaban J connectivity index is 1.64. The summed E-state index contributed by atoms with van der Waals surface area (Å²) in [5.41, 5.74) is 1.18. The topological polar surface area (TPSA) is 41.6 Å². The first-order valence-electron chi connectivity index (χ1n) is 6.55. The Bertz CT molecular complexity index is 402. The SMILES string of the molecule is O=C(CN1CCOCC1)NCCc1ccc(Cl)cc1. The molecule has 0 spiro atoms. The molecule has 1 aliphatic rings. The second kappa shape index (κ2) is 7.48. The number of hydrogen-bond acceptors (Lipinski definition) is 3. The number of ether oxygens (including phenoxy) is 1. The van der Waals surface area contributed by atoms with Crippen molar-refractivity contribution >= 4 is 17.5 Å². The average Bonchev–Trinajstić information content (AvgIpc) is 2.42. The van der Waals surface area contributed by atoms with E-state index >= 15 is 0 Å². The molecule has 2 rings (SSSR count). The van der Waals surface area contributed by atoms with E-state index in [1.807, 2.05) is 24.3 Å². The van der Waals surface area contributed by atoms with Crippen molar-refractivity contribution in [3.8, 4) is 0 Å². The summed E-state index contributed by atoms with van der Waals surface area (Å²) in [6.45, 7) is 4.24. The molecule has 1 heterocycles. The molecule has 5 heteroatoms. The van der Waals surface area contributed by atoms with Crippen LogP contribution in [-0.2, 0) is 16.0 Å². The third-order valence-corrected chi connectivity index (χ3v) is 3.37. The van der Waals surface area contributed by atoms with Crippen LogP contribution in [-0.4, -0.2) is 50.2 Å². The summed E-state index contributed by atoms with van der Waals surface area (Å²) in [5, 5.41) is 3.67. The van der Waals surface area contributed by atoms with Gasteiger partial charge in [0.1, 0.15) is 0 Å². The second-order valence-corrected chi connectivity index (χ2v) is 5.05. The first-order valence-corrected chi connectivity index (χ1v) is 6.93. The van der Waals surface area contributed by atoms with Gasteiger partial charge in [-0.3, -0.25) is 9.69 Å². The molecule has 1 fully saturated rings. The molecule has 1 N–H and O–H groups in total. The normalized spacial score (nSPS) is 16.3. The van der Waals surface area contributed by atoms with Gasteiger partial charge in [-0.25, -0.2) is 0 Å². The van der Waals surface area contributed by atoms with Crippen LogP contribution in [0.2, 0.25) is 5.02 Å². The number of morpholine rings is 1. The summed E-state index contributed by atoms with van der Waals surface area (Å²) in [4.78, 5) is 13.9. The van der Waals surface area contributed by atoms with Crippen molar-refractivity contribution in [1.29, 1.82) is 0 Å². The van der Waals surface area contributed by atoms with Crippen molar-refractivity contribution in [2.24, 2.45) is 0 Å². The summed E-state index contributed by atoms with van der Waals surface area (Å²) in [7, 11) is 0. The molecule has 104 valence electrons. The fourth-order valence-electron chi connectivity index (χ4n) is 2.02. The molecule has 19 heavy (non-hydrogen) atoms. The third-order valence-electron chi connectivity index (χ3n) is 3.12. The van der Waals surface area contributed by atoms with Crippen molar-refractivity contribution in [2.45, 2.75) is 6.42 Å². The standard InChI is InChI=1S/C14H19ClN2O2/c15-13-3-1-12(2-4-13)5-6-16-14(18)11-17-7-9-19-10-8-17/h1-4H,5-11H2,(H,16,18). The lowest BCUT2D eigenvalue weighted by molar-refractivity contribution is -0.123. The molecule has 1 amide bonds. The number of nitrogens with zero attached hydrogens (tertiary/aromatic N) is 1. The van der Waals surface area contributed by atoms with Crippen LogP contribution < -0.4 is 5.32 Å². The number of carbonyl (C=O) groups excluding carboxylic acids is 1. The summed E-state index contributed by atoms with van der Waals surface area (Å²) in [6, 6.07) is 7.70. The van der Waals surface area contributed by atoms with Gasteiger partial charge in [-0.2, -0.15) is 0 Å². The maximum absolute atomic E-state index is 11.7. The molecule has 1 aliphatic heterocycles. The molecule has 0 aromatic heterocycles. The van der Waals surface area contributed by atoms with E-state index in [0.29, 0.717) is 13.1 Å². The van der Waals surface area contributed by atoms with Gasteiger partial charge in [0.05, 0.1) is 19.8 Å². The van der Waals surface area contributed by atoms with E-state index in [2.05, 4.69) is 10.2 Å².